The normalized spacial score (nSPS) is 11.6. The molecular formula is C14H20N2O2. The molecule has 4 heteroatoms. The van der Waals surface area contributed by atoms with Gasteiger partial charge in [-0.1, -0.05) is 32.0 Å². The zero-order valence-electron chi connectivity index (χ0n) is 11.1. The van der Waals surface area contributed by atoms with Gasteiger partial charge in [-0.2, -0.15) is 0 Å². The predicted octanol–water partition coefficient (Wildman–Crippen LogP) is 2.24. The maximum atomic E-state index is 11.2. The monoisotopic (exact) mass is 248 g/mol. The predicted molar refractivity (Wildman–Crippen MR) is 73.3 cm³/mol. The molecule has 0 amide bonds. The Morgan fingerprint density at radius 3 is 2.72 bits per heavy atom. The van der Waals surface area contributed by atoms with E-state index in [0.29, 0.717) is 6.42 Å². The van der Waals surface area contributed by atoms with E-state index in [-0.39, 0.29) is 5.97 Å². The third-order valence-corrected chi connectivity index (χ3v) is 2.62. The second-order valence-corrected chi connectivity index (χ2v) is 3.69. The minimum Gasteiger partial charge on any atom is -0.468 e. The van der Waals surface area contributed by atoms with Crippen molar-refractivity contribution in [3.05, 3.63) is 36.0 Å². The van der Waals surface area contributed by atoms with Crippen LogP contribution in [0.25, 0.3) is 10.9 Å². The minimum absolute atomic E-state index is 0.384. The smallest absolute Gasteiger partial charge is 0.322 e. The number of carbonyl (C=O) groups excluding carboxylic acids is 1. The van der Waals surface area contributed by atoms with Gasteiger partial charge < -0.3 is 15.5 Å². The summed E-state index contributed by atoms with van der Waals surface area (Å²) in [6.07, 6.45) is 2.37. The molecule has 98 valence electrons. The number of aromatic nitrogens is 1. The highest BCUT2D eigenvalue weighted by atomic mass is 16.5. The van der Waals surface area contributed by atoms with Crippen molar-refractivity contribution in [2.75, 3.05) is 7.11 Å². The molecule has 18 heavy (non-hydrogen) atoms. The van der Waals surface area contributed by atoms with Crippen molar-refractivity contribution in [1.82, 2.24) is 4.98 Å². The van der Waals surface area contributed by atoms with Gasteiger partial charge >= 0.3 is 5.97 Å². The molecule has 0 bridgehead atoms. The molecule has 0 unspecified atom stereocenters. The Bertz CT molecular complexity index is 505. The van der Waals surface area contributed by atoms with Crippen molar-refractivity contribution in [2.45, 2.75) is 26.3 Å². The molecular weight excluding hydrogens is 228 g/mol. The van der Waals surface area contributed by atoms with Crippen molar-refractivity contribution in [3.8, 4) is 0 Å². The van der Waals surface area contributed by atoms with E-state index in [1.807, 2.05) is 44.3 Å². The van der Waals surface area contributed by atoms with Crippen LogP contribution < -0.4 is 5.73 Å². The van der Waals surface area contributed by atoms with Crippen molar-refractivity contribution < 1.29 is 9.53 Å². The average molecular weight is 248 g/mol. The molecule has 0 aliphatic rings. The molecule has 0 aliphatic carbocycles. The minimum atomic E-state index is -0.607. The van der Waals surface area contributed by atoms with Crippen molar-refractivity contribution >= 4 is 16.9 Å². The first-order chi connectivity index (χ1) is 8.72. The standard InChI is InChI=1S/C12H14N2O2.C2H6/c1-16-12(15)10(13)6-8-7-14-11-5-3-2-4-9(8)11;1-2/h2-5,7,10,14H,6,13H2,1H3;1-2H3/t10-;/m0./s1. The van der Waals surface area contributed by atoms with Gasteiger partial charge in [-0.05, 0) is 11.6 Å². The van der Waals surface area contributed by atoms with Crippen LogP contribution in [0.3, 0.4) is 0 Å². The molecule has 0 saturated carbocycles. The number of ether oxygens (including phenoxy) is 1. The average Bonchev–Trinajstić information content (AvgIpc) is 2.83. The number of H-pyrrole nitrogens is 1. The number of nitrogens with one attached hydrogen (secondary N) is 1. The summed E-state index contributed by atoms with van der Waals surface area (Å²) < 4.78 is 4.60. The summed E-state index contributed by atoms with van der Waals surface area (Å²) in [5.41, 5.74) is 7.81. The van der Waals surface area contributed by atoms with Gasteiger partial charge in [0.25, 0.3) is 0 Å². The first-order valence-corrected chi connectivity index (χ1v) is 6.11. The summed E-state index contributed by atoms with van der Waals surface area (Å²) in [5, 5.41) is 1.10. The lowest BCUT2D eigenvalue weighted by Crippen LogP contribution is -2.33. The van der Waals surface area contributed by atoms with Crippen LogP contribution in [0.2, 0.25) is 0 Å². The number of esters is 1. The molecule has 0 radical (unpaired) electrons. The van der Waals surface area contributed by atoms with Crippen molar-refractivity contribution in [1.29, 1.82) is 0 Å². The molecule has 3 N–H and O–H groups in total. The first-order valence-electron chi connectivity index (χ1n) is 6.11. The van der Waals surface area contributed by atoms with Crippen molar-refractivity contribution in [2.24, 2.45) is 5.73 Å². The van der Waals surface area contributed by atoms with Crippen LogP contribution >= 0.6 is 0 Å². The summed E-state index contributed by atoms with van der Waals surface area (Å²) in [7, 11) is 1.34. The summed E-state index contributed by atoms with van der Waals surface area (Å²) in [6, 6.07) is 7.31. The van der Waals surface area contributed by atoms with Gasteiger partial charge in [-0.15, -0.1) is 0 Å². The summed E-state index contributed by atoms with van der Waals surface area (Å²) in [4.78, 5) is 14.4. The second kappa shape index (κ2) is 6.81. The Balaban J connectivity index is 0.000000771. The summed E-state index contributed by atoms with van der Waals surface area (Å²) in [5.74, 6) is -0.384. The quantitative estimate of drug-likeness (QED) is 0.818. The number of para-hydroxylation sites is 1. The van der Waals surface area contributed by atoms with Crippen LogP contribution in [0.1, 0.15) is 19.4 Å². The first kappa shape index (κ1) is 14.3. The van der Waals surface area contributed by atoms with E-state index in [9.17, 15) is 4.79 Å². The lowest BCUT2D eigenvalue weighted by Gasteiger charge is -2.07. The molecule has 0 fully saturated rings. The molecule has 2 aromatic rings. The summed E-state index contributed by atoms with van der Waals surface area (Å²) in [6.45, 7) is 4.00. The number of fused-ring (bicyclic) bond motifs is 1. The topological polar surface area (TPSA) is 68.1 Å². The molecule has 0 saturated heterocycles. The van der Waals surface area contributed by atoms with Crippen LogP contribution in [0.4, 0.5) is 0 Å². The number of carbonyl (C=O) groups is 1. The fourth-order valence-corrected chi connectivity index (χ4v) is 1.77. The second-order valence-electron chi connectivity index (χ2n) is 3.69. The molecule has 1 atom stereocenters. The highest BCUT2D eigenvalue weighted by molar-refractivity contribution is 5.84. The van der Waals surface area contributed by atoms with Crippen LogP contribution in [0.15, 0.2) is 30.5 Å². The molecule has 0 aliphatic heterocycles. The zero-order valence-corrected chi connectivity index (χ0v) is 11.1. The summed E-state index contributed by atoms with van der Waals surface area (Å²) >= 11 is 0. The Morgan fingerprint density at radius 1 is 1.39 bits per heavy atom. The lowest BCUT2D eigenvalue weighted by atomic mass is 10.1. The Labute approximate surface area is 107 Å². The molecule has 2 rings (SSSR count). The van der Waals surface area contributed by atoms with E-state index in [4.69, 9.17) is 5.73 Å². The van der Waals surface area contributed by atoms with E-state index < -0.39 is 6.04 Å². The SMILES string of the molecule is CC.COC(=O)[C@@H](N)Cc1c[nH]c2ccccc12. The fraction of sp³-hybridized carbons (Fsp3) is 0.357. The maximum absolute atomic E-state index is 11.2. The highest BCUT2D eigenvalue weighted by Crippen LogP contribution is 2.18. The molecule has 1 aromatic heterocycles. The van der Waals surface area contributed by atoms with E-state index in [1.54, 1.807) is 0 Å². The third kappa shape index (κ3) is 3.11. The lowest BCUT2D eigenvalue weighted by molar-refractivity contribution is -0.142. The number of aromatic amines is 1. The van der Waals surface area contributed by atoms with Crippen molar-refractivity contribution in [3.63, 3.8) is 0 Å². The van der Waals surface area contributed by atoms with Gasteiger partial charge in [-0.3, -0.25) is 4.79 Å². The van der Waals surface area contributed by atoms with Gasteiger partial charge in [0, 0.05) is 23.5 Å². The number of hydrogen-bond acceptors (Lipinski definition) is 3. The van der Waals surface area contributed by atoms with Crippen LogP contribution in [-0.2, 0) is 16.0 Å². The number of rotatable bonds is 3. The van der Waals surface area contributed by atoms with Gasteiger partial charge in [-0.25, -0.2) is 0 Å². The molecule has 1 heterocycles. The number of methoxy groups -OCH3 is 1. The fourth-order valence-electron chi connectivity index (χ4n) is 1.77. The van der Waals surface area contributed by atoms with Gasteiger partial charge in [0.05, 0.1) is 7.11 Å². The Morgan fingerprint density at radius 2 is 2.06 bits per heavy atom. The van der Waals surface area contributed by atoms with Crippen LogP contribution in [0.5, 0.6) is 0 Å². The van der Waals surface area contributed by atoms with Gasteiger partial charge in [0.1, 0.15) is 6.04 Å². The van der Waals surface area contributed by atoms with E-state index in [0.717, 1.165) is 16.5 Å². The molecule has 1 aromatic carbocycles. The number of benzene rings is 1. The number of nitrogens with two attached hydrogens (primary N) is 1. The highest BCUT2D eigenvalue weighted by Gasteiger charge is 2.16. The van der Waals surface area contributed by atoms with E-state index in [2.05, 4.69) is 9.72 Å². The van der Waals surface area contributed by atoms with Crippen LogP contribution in [-0.4, -0.2) is 24.1 Å². The number of hydrogen-bond donors (Lipinski definition) is 2. The Hall–Kier alpha value is -1.81. The maximum Gasteiger partial charge on any atom is 0.322 e. The van der Waals surface area contributed by atoms with Gasteiger partial charge in [0.2, 0.25) is 0 Å². The van der Waals surface area contributed by atoms with E-state index in [1.165, 1.54) is 7.11 Å². The van der Waals surface area contributed by atoms with Gasteiger partial charge in [0.15, 0.2) is 0 Å². The largest absolute Gasteiger partial charge is 0.468 e. The third-order valence-electron chi connectivity index (χ3n) is 2.62. The molecule has 0 spiro atoms. The molecule has 4 nitrogen and oxygen atoms in total. The zero-order chi connectivity index (χ0) is 13.5. The Kier molecular flexibility index (Phi) is 5.39. The van der Waals surface area contributed by atoms with Crippen LogP contribution in [0, 0.1) is 0 Å². The van der Waals surface area contributed by atoms with E-state index >= 15 is 0 Å².